The zero-order valence-corrected chi connectivity index (χ0v) is 12.0. The van der Waals surface area contributed by atoms with Gasteiger partial charge in [0.1, 0.15) is 5.82 Å². The van der Waals surface area contributed by atoms with Crippen molar-refractivity contribution in [2.75, 3.05) is 13.1 Å². The number of nitrogens with two attached hydrogens (primary N) is 1. The molecule has 1 aromatic heterocycles. The molecule has 0 amide bonds. The third-order valence-corrected chi connectivity index (χ3v) is 4.04. The zero-order chi connectivity index (χ0) is 13.9. The second-order valence-corrected chi connectivity index (χ2v) is 5.47. The highest BCUT2D eigenvalue weighted by Gasteiger charge is 2.22. The van der Waals surface area contributed by atoms with E-state index in [2.05, 4.69) is 46.8 Å². The Morgan fingerprint density at radius 2 is 2.05 bits per heavy atom. The molecular formula is C16H22N4. The molecule has 2 heterocycles. The van der Waals surface area contributed by atoms with Gasteiger partial charge >= 0.3 is 0 Å². The van der Waals surface area contributed by atoms with Gasteiger partial charge in [-0.15, -0.1) is 0 Å². The van der Waals surface area contributed by atoms with Crippen molar-refractivity contribution in [3.8, 4) is 0 Å². The lowest BCUT2D eigenvalue weighted by Gasteiger charge is -2.27. The molecule has 0 radical (unpaired) electrons. The Morgan fingerprint density at radius 3 is 2.80 bits per heavy atom. The van der Waals surface area contributed by atoms with E-state index in [-0.39, 0.29) is 0 Å². The Kier molecular flexibility index (Phi) is 3.85. The SMILES string of the molecule is Cn1c(CCN)nc2c1CN(Cc1ccccc1)CC2. The number of nitrogens with zero attached hydrogens (tertiary/aromatic N) is 3. The van der Waals surface area contributed by atoms with Gasteiger partial charge in [0.15, 0.2) is 0 Å². The number of hydrogen-bond acceptors (Lipinski definition) is 3. The average Bonchev–Trinajstić information content (AvgIpc) is 2.77. The highest BCUT2D eigenvalue weighted by atomic mass is 15.2. The lowest BCUT2D eigenvalue weighted by molar-refractivity contribution is 0.238. The van der Waals surface area contributed by atoms with Gasteiger partial charge in [0, 0.05) is 39.5 Å². The summed E-state index contributed by atoms with van der Waals surface area (Å²) in [5.41, 5.74) is 9.65. The van der Waals surface area contributed by atoms with Gasteiger partial charge in [0.25, 0.3) is 0 Å². The van der Waals surface area contributed by atoms with E-state index in [0.717, 1.165) is 38.3 Å². The van der Waals surface area contributed by atoms with Gasteiger partial charge in [-0.05, 0) is 12.1 Å². The quantitative estimate of drug-likeness (QED) is 0.915. The topological polar surface area (TPSA) is 47.1 Å². The summed E-state index contributed by atoms with van der Waals surface area (Å²) in [4.78, 5) is 7.23. The predicted molar refractivity (Wildman–Crippen MR) is 80.2 cm³/mol. The number of benzene rings is 1. The fraction of sp³-hybridized carbons (Fsp3) is 0.438. The minimum atomic E-state index is 0.664. The Balaban J connectivity index is 1.75. The van der Waals surface area contributed by atoms with Crippen molar-refractivity contribution in [1.29, 1.82) is 0 Å². The van der Waals surface area contributed by atoms with Crippen LogP contribution in [0.25, 0.3) is 0 Å². The maximum absolute atomic E-state index is 5.65. The summed E-state index contributed by atoms with van der Waals surface area (Å²) in [7, 11) is 2.11. The highest BCUT2D eigenvalue weighted by molar-refractivity contribution is 5.21. The summed E-state index contributed by atoms with van der Waals surface area (Å²) < 4.78 is 2.24. The lowest BCUT2D eigenvalue weighted by atomic mass is 10.1. The Hall–Kier alpha value is -1.65. The molecule has 1 aromatic carbocycles. The van der Waals surface area contributed by atoms with Crippen LogP contribution in [0.4, 0.5) is 0 Å². The molecule has 2 N–H and O–H groups in total. The molecule has 0 saturated carbocycles. The summed E-state index contributed by atoms with van der Waals surface area (Å²) in [6.45, 7) is 3.74. The Labute approximate surface area is 120 Å². The number of hydrogen-bond donors (Lipinski definition) is 1. The molecule has 2 aromatic rings. The van der Waals surface area contributed by atoms with Crippen LogP contribution < -0.4 is 5.73 Å². The molecule has 4 heteroatoms. The largest absolute Gasteiger partial charge is 0.334 e. The van der Waals surface area contributed by atoms with E-state index < -0.39 is 0 Å². The maximum Gasteiger partial charge on any atom is 0.110 e. The van der Waals surface area contributed by atoms with Crippen LogP contribution in [0, 0.1) is 0 Å². The summed E-state index contributed by atoms with van der Waals surface area (Å²) in [5.74, 6) is 1.12. The minimum Gasteiger partial charge on any atom is -0.334 e. The predicted octanol–water partition coefficient (Wildman–Crippen LogP) is 1.48. The molecule has 0 spiro atoms. The van der Waals surface area contributed by atoms with Gasteiger partial charge < -0.3 is 10.3 Å². The van der Waals surface area contributed by atoms with Crippen LogP contribution in [0.5, 0.6) is 0 Å². The van der Waals surface area contributed by atoms with E-state index in [4.69, 9.17) is 10.7 Å². The molecule has 4 nitrogen and oxygen atoms in total. The third kappa shape index (κ3) is 2.62. The van der Waals surface area contributed by atoms with E-state index in [9.17, 15) is 0 Å². The number of aromatic nitrogens is 2. The summed E-state index contributed by atoms with van der Waals surface area (Å²) >= 11 is 0. The van der Waals surface area contributed by atoms with E-state index >= 15 is 0 Å². The van der Waals surface area contributed by atoms with Gasteiger partial charge in [0.05, 0.1) is 11.4 Å². The van der Waals surface area contributed by atoms with Crippen molar-refractivity contribution >= 4 is 0 Å². The first-order valence-corrected chi connectivity index (χ1v) is 7.27. The molecule has 0 atom stereocenters. The van der Waals surface area contributed by atoms with Crippen LogP contribution >= 0.6 is 0 Å². The first kappa shape index (κ1) is 13.3. The van der Waals surface area contributed by atoms with Crippen molar-refractivity contribution < 1.29 is 0 Å². The fourth-order valence-electron chi connectivity index (χ4n) is 2.93. The summed E-state index contributed by atoms with van der Waals surface area (Å²) in [6, 6.07) is 10.7. The minimum absolute atomic E-state index is 0.664. The molecule has 0 aliphatic carbocycles. The molecule has 1 aliphatic rings. The van der Waals surface area contributed by atoms with Gasteiger partial charge in [-0.1, -0.05) is 30.3 Å². The monoisotopic (exact) mass is 270 g/mol. The van der Waals surface area contributed by atoms with Crippen LogP contribution in [0.3, 0.4) is 0 Å². The molecule has 3 rings (SSSR count). The van der Waals surface area contributed by atoms with Crippen molar-refractivity contribution in [2.45, 2.75) is 25.9 Å². The first-order chi connectivity index (χ1) is 9.78. The summed E-state index contributed by atoms with van der Waals surface area (Å²) in [5, 5.41) is 0. The number of fused-ring (bicyclic) bond motifs is 1. The maximum atomic E-state index is 5.65. The molecule has 0 saturated heterocycles. The molecular weight excluding hydrogens is 248 g/mol. The molecule has 0 unspecified atom stereocenters. The van der Waals surface area contributed by atoms with Gasteiger partial charge in [-0.2, -0.15) is 0 Å². The highest BCUT2D eigenvalue weighted by Crippen LogP contribution is 2.21. The van der Waals surface area contributed by atoms with Gasteiger partial charge in [-0.3, -0.25) is 4.90 Å². The van der Waals surface area contributed by atoms with Crippen LogP contribution in [-0.2, 0) is 33.0 Å². The Morgan fingerprint density at radius 1 is 1.25 bits per heavy atom. The van der Waals surface area contributed by atoms with Crippen LogP contribution in [0.2, 0.25) is 0 Å². The molecule has 0 fully saturated rings. The van der Waals surface area contributed by atoms with E-state index in [0.29, 0.717) is 6.54 Å². The van der Waals surface area contributed by atoms with Gasteiger partial charge in [-0.25, -0.2) is 4.98 Å². The van der Waals surface area contributed by atoms with Crippen molar-refractivity contribution in [1.82, 2.24) is 14.5 Å². The van der Waals surface area contributed by atoms with Gasteiger partial charge in [0.2, 0.25) is 0 Å². The van der Waals surface area contributed by atoms with E-state index in [1.54, 1.807) is 0 Å². The second-order valence-electron chi connectivity index (χ2n) is 5.47. The zero-order valence-electron chi connectivity index (χ0n) is 12.0. The van der Waals surface area contributed by atoms with Crippen LogP contribution in [0.1, 0.15) is 22.8 Å². The van der Waals surface area contributed by atoms with Crippen molar-refractivity contribution in [2.24, 2.45) is 12.8 Å². The lowest BCUT2D eigenvalue weighted by Crippen LogP contribution is -2.31. The fourth-order valence-corrected chi connectivity index (χ4v) is 2.93. The van der Waals surface area contributed by atoms with Crippen LogP contribution in [0.15, 0.2) is 30.3 Å². The van der Waals surface area contributed by atoms with Crippen LogP contribution in [-0.4, -0.2) is 27.5 Å². The Bertz CT molecular complexity index is 574. The average molecular weight is 270 g/mol. The standard InChI is InChI=1S/C16H22N4/c1-19-15-12-20(11-13-5-3-2-4-6-13)10-8-14(15)18-16(19)7-9-17/h2-6H,7-12,17H2,1H3. The summed E-state index contributed by atoms with van der Waals surface area (Å²) in [6.07, 6.45) is 1.91. The van der Waals surface area contributed by atoms with Crippen molar-refractivity contribution in [3.63, 3.8) is 0 Å². The normalized spacial score (nSPS) is 15.3. The number of imidazole rings is 1. The smallest absolute Gasteiger partial charge is 0.110 e. The molecule has 20 heavy (non-hydrogen) atoms. The van der Waals surface area contributed by atoms with E-state index in [1.807, 2.05) is 0 Å². The number of rotatable bonds is 4. The van der Waals surface area contributed by atoms with E-state index in [1.165, 1.54) is 17.0 Å². The first-order valence-electron chi connectivity index (χ1n) is 7.27. The third-order valence-electron chi connectivity index (χ3n) is 4.04. The molecule has 106 valence electrons. The molecule has 1 aliphatic heterocycles. The van der Waals surface area contributed by atoms with Crippen molar-refractivity contribution in [3.05, 3.63) is 53.1 Å². The second kappa shape index (κ2) is 5.77. The molecule has 0 bridgehead atoms.